The normalized spacial score (nSPS) is 16.0. The zero-order valence-corrected chi connectivity index (χ0v) is 12.4. The van der Waals surface area contributed by atoms with Crippen molar-refractivity contribution >= 4 is 11.6 Å². The summed E-state index contributed by atoms with van der Waals surface area (Å²) in [5, 5.41) is 3.10. The fourth-order valence-corrected chi connectivity index (χ4v) is 2.74. The SMILES string of the molecule is CNc1cc(N(CCC(C)C)C2CCCC2)ncn1. The summed E-state index contributed by atoms with van der Waals surface area (Å²) in [6, 6.07) is 2.73. The first-order valence-electron chi connectivity index (χ1n) is 7.47. The molecule has 1 N–H and O–H groups in total. The molecule has 19 heavy (non-hydrogen) atoms. The predicted molar refractivity (Wildman–Crippen MR) is 80.6 cm³/mol. The van der Waals surface area contributed by atoms with Crippen LogP contribution in [0.25, 0.3) is 0 Å². The van der Waals surface area contributed by atoms with Crippen LogP contribution in [-0.2, 0) is 0 Å². The molecule has 1 aliphatic carbocycles. The van der Waals surface area contributed by atoms with Crippen LogP contribution in [0.5, 0.6) is 0 Å². The van der Waals surface area contributed by atoms with Gasteiger partial charge in [-0.25, -0.2) is 9.97 Å². The predicted octanol–water partition coefficient (Wildman–Crippen LogP) is 3.31. The minimum absolute atomic E-state index is 0.665. The zero-order chi connectivity index (χ0) is 13.7. The number of nitrogens with one attached hydrogen (secondary N) is 1. The summed E-state index contributed by atoms with van der Waals surface area (Å²) in [5.41, 5.74) is 0. The molecule has 0 unspecified atom stereocenters. The van der Waals surface area contributed by atoms with Crippen LogP contribution >= 0.6 is 0 Å². The summed E-state index contributed by atoms with van der Waals surface area (Å²) in [7, 11) is 1.90. The summed E-state index contributed by atoms with van der Waals surface area (Å²) in [6.07, 6.45) is 8.20. The van der Waals surface area contributed by atoms with Gasteiger partial charge in [-0.05, 0) is 25.2 Å². The Labute approximate surface area is 116 Å². The molecule has 0 saturated heterocycles. The Morgan fingerprint density at radius 1 is 1.32 bits per heavy atom. The van der Waals surface area contributed by atoms with E-state index in [9.17, 15) is 0 Å². The van der Waals surface area contributed by atoms with Gasteiger partial charge in [0, 0.05) is 25.7 Å². The fourth-order valence-electron chi connectivity index (χ4n) is 2.74. The second-order valence-electron chi connectivity index (χ2n) is 5.83. The van der Waals surface area contributed by atoms with Crippen molar-refractivity contribution in [3.05, 3.63) is 12.4 Å². The van der Waals surface area contributed by atoms with Crippen molar-refractivity contribution in [2.24, 2.45) is 5.92 Å². The van der Waals surface area contributed by atoms with Crippen LogP contribution in [0.4, 0.5) is 11.6 Å². The topological polar surface area (TPSA) is 41.0 Å². The van der Waals surface area contributed by atoms with Gasteiger partial charge in [0.15, 0.2) is 0 Å². The van der Waals surface area contributed by atoms with Gasteiger partial charge in [0.05, 0.1) is 0 Å². The van der Waals surface area contributed by atoms with Crippen molar-refractivity contribution in [3.8, 4) is 0 Å². The summed E-state index contributed by atoms with van der Waals surface area (Å²) in [5.74, 6) is 2.71. The van der Waals surface area contributed by atoms with Crippen LogP contribution in [0.1, 0.15) is 46.0 Å². The molecule has 1 aromatic heterocycles. The first kappa shape index (κ1) is 14.1. The van der Waals surface area contributed by atoms with E-state index in [2.05, 4.69) is 40.1 Å². The standard InChI is InChI=1S/C15H26N4/c1-12(2)8-9-19(13-6-4-5-7-13)15-10-14(16-3)17-11-18-15/h10-13H,4-9H2,1-3H3,(H,16,17,18). The first-order valence-corrected chi connectivity index (χ1v) is 7.47. The fraction of sp³-hybridized carbons (Fsp3) is 0.733. The van der Waals surface area contributed by atoms with Crippen LogP contribution < -0.4 is 10.2 Å². The molecule has 0 amide bonds. The largest absolute Gasteiger partial charge is 0.373 e. The van der Waals surface area contributed by atoms with Gasteiger partial charge < -0.3 is 10.2 Å². The minimum Gasteiger partial charge on any atom is -0.373 e. The molecule has 0 bridgehead atoms. The molecule has 0 aromatic carbocycles. The molecule has 2 rings (SSSR count). The maximum absolute atomic E-state index is 4.49. The molecule has 1 aliphatic rings. The van der Waals surface area contributed by atoms with Crippen molar-refractivity contribution in [2.45, 2.75) is 52.0 Å². The van der Waals surface area contributed by atoms with Gasteiger partial charge in [0.2, 0.25) is 0 Å². The van der Waals surface area contributed by atoms with E-state index in [1.807, 2.05) is 7.05 Å². The third kappa shape index (κ3) is 3.82. The van der Waals surface area contributed by atoms with E-state index < -0.39 is 0 Å². The molecular weight excluding hydrogens is 236 g/mol. The Balaban J connectivity index is 2.14. The Morgan fingerprint density at radius 3 is 2.68 bits per heavy atom. The summed E-state index contributed by atoms with van der Waals surface area (Å²) < 4.78 is 0. The molecule has 0 spiro atoms. The average Bonchev–Trinajstić information content (AvgIpc) is 2.93. The van der Waals surface area contributed by atoms with Crippen molar-refractivity contribution in [1.29, 1.82) is 0 Å². The highest BCUT2D eigenvalue weighted by Crippen LogP contribution is 2.28. The van der Waals surface area contributed by atoms with Gasteiger partial charge in [-0.3, -0.25) is 0 Å². The number of hydrogen-bond acceptors (Lipinski definition) is 4. The monoisotopic (exact) mass is 262 g/mol. The second kappa shape index (κ2) is 6.73. The lowest BCUT2D eigenvalue weighted by Crippen LogP contribution is -2.35. The lowest BCUT2D eigenvalue weighted by atomic mass is 10.1. The van der Waals surface area contributed by atoms with E-state index in [0.717, 1.165) is 24.1 Å². The van der Waals surface area contributed by atoms with Crippen molar-refractivity contribution < 1.29 is 0 Å². The third-order valence-corrected chi connectivity index (χ3v) is 3.92. The summed E-state index contributed by atoms with van der Waals surface area (Å²) in [4.78, 5) is 11.2. The second-order valence-corrected chi connectivity index (χ2v) is 5.83. The first-order chi connectivity index (χ1) is 9.20. The minimum atomic E-state index is 0.665. The van der Waals surface area contributed by atoms with Gasteiger partial charge in [-0.2, -0.15) is 0 Å². The average molecular weight is 262 g/mol. The van der Waals surface area contributed by atoms with Gasteiger partial charge in [0.1, 0.15) is 18.0 Å². The van der Waals surface area contributed by atoms with Crippen LogP contribution in [0.2, 0.25) is 0 Å². The van der Waals surface area contributed by atoms with E-state index in [1.165, 1.54) is 32.1 Å². The van der Waals surface area contributed by atoms with Crippen LogP contribution in [0.15, 0.2) is 12.4 Å². The van der Waals surface area contributed by atoms with Crippen LogP contribution in [0, 0.1) is 5.92 Å². The van der Waals surface area contributed by atoms with E-state index >= 15 is 0 Å². The van der Waals surface area contributed by atoms with E-state index in [0.29, 0.717) is 6.04 Å². The zero-order valence-electron chi connectivity index (χ0n) is 12.4. The Morgan fingerprint density at radius 2 is 2.05 bits per heavy atom. The molecule has 0 aliphatic heterocycles. The van der Waals surface area contributed by atoms with Gasteiger partial charge in [-0.1, -0.05) is 26.7 Å². The third-order valence-electron chi connectivity index (χ3n) is 3.92. The van der Waals surface area contributed by atoms with Gasteiger partial charge in [-0.15, -0.1) is 0 Å². The molecule has 0 atom stereocenters. The smallest absolute Gasteiger partial charge is 0.134 e. The lowest BCUT2D eigenvalue weighted by molar-refractivity contribution is 0.525. The van der Waals surface area contributed by atoms with E-state index in [-0.39, 0.29) is 0 Å². The highest BCUT2D eigenvalue weighted by atomic mass is 15.2. The molecule has 1 heterocycles. The van der Waals surface area contributed by atoms with Crippen LogP contribution in [0.3, 0.4) is 0 Å². The Kier molecular flexibility index (Phi) is 5.00. The number of anilines is 2. The molecule has 0 radical (unpaired) electrons. The maximum atomic E-state index is 4.49. The van der Waals surface area contributed by atoms with Crippen molar-refractivity contribution in [2.75, 3.05) is 23.8 Å². The Hall–Kier alpha value is -1.32. The highest BCUT2D eigenvalue weighted by Gasteiger charge is 2.23. The molecule has 4 heteroatoms. The quantitative estimate of drug-likeness (QED) is 0.854. The van der Waals surface area contributed by atoms with E-state index in [1.54, 1.807) is 6.33 Å². The maximum Gasteiger partial charge on any atom is 0.134 e. The molecule has 4 nitrogen and oxygen atoms in total. The van der Waals surface area contributed by atoms with Crippen molar-refractivity contribution in [1.82, 2.24) is 9.97 Å². The molecule has 1 saturated carbocycles. The van der Waals surface area contributed by atoms with Gasteiger partial charge in [0.25, 0.3) is 0 Å². The van der Waals surface area contributed by atoms with E-state index in [4.69, 9.17) is 0 Å². The summed E-state index contributed by atoms with van der Waals surface area (Å²) in [6.45, 7) is 5.67. The number of nitrogens with zero attached hydrogens (tertiary/aromatic N) is 3. The molecule has 106 valence electrons. The number of rotatable bonds is 6. The van der Waals surface area contributed by atoms with Crippen LogP contribution in [-0.4, -0.2) is 29.6 Å². The van der Waals surface area contributed by atoms with Crippen molar-refractivity contribution in [3.63, 3.8) is 0 Å². The highest BCUT2D eigenvalue weighted by molar-refractivity contribution is 5.48. The number of hydrogen-bond donors (Lipinski definition) is 1. The molecular formula is C15H26N4. The summed E-state index contributed by atoms with van der Waals surface area (Å²) >= 11 is 0. The number of aromatic nitrogens is 2. The lowest BCUT2D eigenvalue weighted by Gasteiger charge is -2.30. The Bertz CT molecular complexity index is 385. The molecule has 1 aromatic rings. The van der Waals surface area contributed by atoms with Gasteiger partial charge >= 0.3 is 0 Å². The molecule has 1 fully saturated rings.